The average Bonchev–Trinajstić information content (AvgIpc) is 2.59. The van der Waals surface area contributed by atoms with Gasteiger partial charge in [0.05, 0.1) is 0 Å². The Morgan fingerprint density at radius 1 is 1.21 bits per heavy atom. The Morgan fingerprint density at radius 2 is 2.04 bits per heavy atom. The number of rotatable bonds is 6. The van der Waals surface area contributed by atoms with Gasteiger partial charge in [0.25, 0.3) is 5.91 Å². The van der Waals surface area contributed by atoms with E-state index in [0.29, 0.717) is 18.0 Å². The molecule has 1 heterocycles. The van der Waals surface area contributed by atoms with Crippen LogP contribution in [0.5, 0.6) is 5.75 Å². The third-order valence-corrected chi connectivity index (χ3v) is 3.13. The van der Waals surface area contributed by atoms with Crippen molar-refractivity contribution in [3.05, 3.63) is 54.4 Å². The number of hydrogen-bond donors (Lipinski definition) is 2. The summed E-state index contributed by atoms with van der Waals surface area (Å²) in [6.45, 7) is 0.330. The zero-order valence-electron chi connectivity index (χ0n) is 13.7. The molecular formula is C17H20N4O3. The van der Waals surface area contributed by atoms with Crippen molar-refractivity contribution in [1.29, 1.82) is 0 Å². The monoisotopic (exact) mass is 328 g/mol. The molecule has 2 N–H and O–H groups in total. The van der Waals surface area contributed by atoms with Gasteiger partial charge >= 0.3 is 6.03 Å². The SMILES string of the molecule is CN(C)C(=O)COc1cccc(NC(=O)NCc2cccnc2)c1. The van der Waals surface area contributed by atoms with Crippen LogP contribution in [0.2, 0.25) is 0 Å². The number of pyridine rings is 1. The minimum absolute atomic E-state index is 0.0519. The van der Waals surface area contributed by atoms with Gasteiger partial charge in [-0.1, -0.05) is 12.1 Å². The van der Waals surface area contributed by atoms with Gasteiger partial charge in [-0.2, -0.15) is 0 Å². The molecule has 0 saturated heterocycles. The lowest BCUT2D eigenvalue weighted by Gasteiger charge is -2.12. The fourth-order valence-electron chi connectivity index (χ4n) is 1.80. The molecule has 3 amide bonds. The molecule has 0 radical (unpaired) electrons. The van der Waals surface area contributed by atoms with Crippen LogP contribution in [0.1, 0.15) is 5.56 Å². The number of anilines is 1. The van der Waals surface area contributed by atoms with Crippen molar-refractivity contribution in [2.45, 2.75) is 6.54 Å². The van der Waals surface area contributed by atoms with Gasteiger partial charge in [-0.25, -0.2) is 4.79 Å². The van der Waals surface area contributed by atoms with Gasteiger partial charge in [-0.3, -0.25) is 9.78 Å². The topological polar surface area (TPSA) is 83.6 Å². The normalized spacial score (nSPS) is 9.92. The van der Waals surface area contributed by atoms with Crippen LogP contribution in [0, 0.1) is 0 Å². The Labute approximate surface area is 140 Å². The average molecular weight is 328 g/mol. The summed E-state index contributed by atoms with van der Waals surface area (Å²) in [7, 11) is 3.33. The van der Waals surface area contributed by atoms with Gasteiger partial charge in [-0.15, -0.1) is 0 Å². The van der Waals surface area contributed by atoms with Crippen molar-refractivity contribution in [2.75, 3.05) is 26.0 Å². The lowest BCUT2D eigenvalue weighted by atomic mass is 10.3. The molecule has 2 rings (SSSR count). The Kier molecular flexibility index (Phi) is 6.13. The van der Waals surface area contributed by atoms with Gasteiger partial charge in [0.15, 0.2) is 6.61 Å². The number of nitrogens with one attached hydrogen (secondary N) is 2. The molecule has 2 aromatic rings. The van der Waals surface area contributed by atoms with Gasteiger partial charge in [-0.05, 0) is 23.8 Å². The molecule has 0 spiro atoms. The Morgan fingerprint density at radius 3 is 2.75 bits per heavy atom. The highest BCUT2D eigenvalue weighted by atomic mass is 16.5. The summed E-state index contributed by atoms with van der Waals surface area (Å²) in [5, 5.41) is 5.46. The number of aromatic nitrogens is 1. The molecule has 1 aromatic carbocycles. The maximum Gasteiger partial charge on any atom is 0.319 e. The number of benzene rings is 1. The highest BCUT2D eigenvalue weighted by Gasteiger charge is 2.06. The van der Waals surface area contributed by atoms with Crippen LogP contribution in [-0.2, 0) is 11.3 Å². The van der Waals surface area contributed by atoms with Crippen molar-refractivity contribution in [3.63, 3.8) is 0 Å². The smallest absolute Gasteiger partial charge is 0.319 e. The van der Waals surface area contributed by atoms with Crippen LogP contribution in [0.3, 0.4) is 0 Å². The van der Waals surface area contributed by atoms with E-state index in [-0.39, 0.29) is 18.5 Å². The molecule has 0 bridgehead atoms. The quantitative estimate of drug-likeness (QED) is 0.848. The van der Waals surface area contributed by atoms with Crippen LogP contribution in [0.15, 0.2) is 48.8 Å². The summed E-state index contributed by atoms with van der Waals surface area (Å²) in [5.74, 6) is 0.373. The molecule has 7 nitrogen and oxygen atoms in total. The first kappa shape index (κ1) is 17.3. The summed E-state index contributed by atoms with van der Waals surface area (Å²) >= 11 is 0. The largest absolute Gasteiger partial charge is 0.484 e. The minimum Gasteiger partial charge on any atom is -0.484 e. The van der Waals surface area contributed by atoms with Gasteiger partial charge in [0.1, 0.15) is 5.75 Å². The molecule has 0 aliphatic rings. The number of nitrogens with zero attached hydrogens (tertiary/aromatic N) is 2. The lowest BCUT2D eigenvalue weighted by molar-refractivity contribution is -0.130. The molecule has 126 valence electrons. The summed E-state index contributed by atoms with van der Waals surface area (Å²) in [4.78, 5) is 28.9. The first-order chi connectivity index (χ1) is 11.5. The van der Waals surface area contributed by atoms with Gasteiger partial charge in [0.2, 0.25) is 0 Å². The standard InChI is InChI=1S/C17H20N4O3/c1-21(2)16(22)12-24-15-7-3-6-14(9-15)20-17(23)19-11-13-5-4-8-18-10-13/h3-10H,11-12H2,1-2H3,(H2,19,20,23). The van der Waals surface area contributed by atoms with Crippen molar-refractivity contribution in [3.8, 4) is 5.75 Å². The predicted molar refractivity (Wildman–Crippen MR) is 90.7 cm³/mol. The maximum atomic E-state index is 11.9. The Bertz CT molecular complexity index is 689. The second-order valence-electron chi connectivity index (χ2n) is 5.27. The minimum atomic E-state index is -0.333. The van der Waals surface area contributed by atoms with Gasteiger partial charge < -0.3 is 20.3 Å². The Hall–Kier alpha value is -3.09. The van der Waals surface area contributed by atoms with Crippen molar-refractivity contribution in [1.82, 2.24) is 15.2 Å². The molecular weight excluding hydrogens is 308 g/mol. The van der Waals surface area contributed by atoms with Crippen LogP contribution in [0.25, 0.3) is 0 Å². The van der Waals surface area contributed by atoms with Crippen molar-refractivity contribution < 1.29 is 14.3 Å². The number of carbonyl (C=O) groups excluding carboxylic acids is 2. The van der Waals surface area contributed by atoms with Crippen molar-refractivity contribution >= 4 is 17.6 Å². The first-order valence-corrected chi connectivity index (χ1v) is 7.41. The Balaban J connectivity index is 1.84. The van der Waals surface area contributed by atoms with E-state index in [1.165, 1.54) is 4.90 Å². The second-order valence-corrected chi connectivity index (χ2v) is 5.27. The van der Waals surface area contributed by atoms with Gasteiger partial charge in [0, 0.05) is 44.8 Å². The maximum absolute atomic E-state index is 11.9. The zero-order valence-corrected chi connectivity index (χ0v) is 13.7. The number of hydrogen-bond acceptors (Lipinski definition) is 4. The number of likely N-dealkylation sites (N-methyl/N-ethyl adjacent to an activating group) is 1. The van der Waals surface area contributed by atoms with Crippen molar-refractivity contribution in [2.24, 2.45) is 0 Å². The summed E-state index contributed by atoms with van der Waals surface area (Å²) in [6, 6.07) is 10.2. The van der Waals surface area contributed by atoms with Crippen LogP contribution in [-0.4, -0.2) is 42.5 Å². The third-order valence-electron chi connectivity index (χ3n) is 3.13. The fraction of sp³-hybridized carbons (Fsp3) is 0.235. The third kappa shape index (κ3) is 5.60. The first-order valence-electron chi connectivity index (χ1n) is 7.41. The number of urea groups is 1. The molecule has 0 aliphatic heterocycles. The molecule has 0 atom stereocenters. The highest BCUT2D eigenvalue weighted by molar-refractivity contribution is 5.89. The number of carbonyl (C=O) groups is 2. The second kappa shape index (κ2) is 8.52. The van der Waals surface area contributed by atoms with E-state index < -0.39 is 0 Å². The van der Waals surface area contributed by atoms with E-state index in [1.807, 2.05) is 12.1 Å². The molecule has 0 saturated carbocycles. The van der Waals surface area contributed by atoms with Crippen LogP contribution < -0.4 is 15.4 Å². The lowest BCUT2D eigenvalue weighted by Crippen LogP contribution is -2.28. The van der Waals surface area contributed by atoms with Crippen LogP contribution >= 0.6 is 0 Å². The number of ether oxygens (including phenoxy) is 1. The molecule has 7 heteroatoms. The summed E-state index contributed by atoms with van der Waals surface area (Å²) in [5.41, 5.74) is 1.49. The molecule has 0 unspecified atom stereocenters. The molecule has 1 aromatic heterocycles. The summed E-state index contributed by atoms with van der Waals surface area (Å²) < 4.78 is 5.41. The zero-order chi connectivity index (χ0) is 17.4. The van der Waals surface area contributed by atoms with E-state index >= 15 is 0 Å². The van der Waals surface area contributed by atoms with E-state index in [0.717, 1.165) is 5.56 Å². The molecule has 0 aliphatic carbocycles. The van der Waals surface area contributed by atoms with E-state index in [9.17, 15) is 9.59 Å². The molecule has 0 fully saturated rings. The van der Waals surface area contributed by atoms with E-state index in [2.05, 4.69) is 15.6 Å². The fourth-order valence-corrected chi connectivity index (χ4v) is 1.80. The molecule has 24 heavy (non-hydrogen) atoms. The van der Waals surface area contributed by atoms with Crippen LogP contribution in [0.4, 0.5) is 10.5 Å². The van der Waals surface area contributed by atoms with E-state index in [1.54, 1.807) is 50.8 Å². The highest BCUT2D eigenvalue weighted by Crippen LogP contribution is 2.17. The predicted octanol–water partition coefficient (Wildman–Crippen LogP) is 1.87. The summed E-state index contributed by atoms with van der Waals surface area (Å²) in [6.07, 6.45) is 3.37. The number of amides is 3. The van der Waals surface area contributed by atoms with E-state index in [4.69, 9.17) is 4.74 Å².